The number of nitrogens with zero attached hydrogens (tertiary/aromatic N) is 2. The minimum atomic E-state index is -4.41. The van der Waals surface area contributed by atoms with Crippen LogP contribution in [0.2, 0.25) is 0 Å². The van der Waals surface area contributed by atoms with E-state index in [1.165, 1.54) is 12.1 Å². The van der Waals surface area contributed by atoms with E-state index < -0.39 is 24.3 Å². The molecule has 0 saturated heterocycles. The first kappa shape index (κ1) is 24.7. The third-order valence-corrected chi connectivity index (χ3v) is 5.30. The molecule has 3 aromatic carbocycles. The van der Waals surface area contributed by atoms with Crippen LogP contribution in [0.3, 0.4) is 0 Å². The number of rotatable bonds is 9. The Hall–Kier alpha value is -4.40. The van der Waals surface area contributed by atoms with Crippen LogP contribution < -0.4 is 4.74 Å². The van der Waals surface area contributed by atoms with Crippen molar-refractivity contribution in [2.45, 2.75) is 19.2 Å². The molecule has 0 spiro atoms. The lowest BCUT2D eigenvalue weighted by molar-refractivity contribution is -0.139. The van der Waals surface area contributed by atoms with Gasteiger partial charge in [-0.15, -0.1) is 0 Å². The van der Waals surface area contributed by atoms with Crippen molar-refractivity contribution in [1.29, 1.82) is 0 Å². The SMILES string of the molecule is O=C(O)COc1ccc(/C(Cc2ccccc2)=N/OCc2ccc(C(F)(F)F)cc2)c2cccnc12. The summed E-state index contributed by atoms with van der Waals surface area (Å²) in [5, 5.41) is 14.0. The molecule has 0 bridgehead atoms. The van der Waals surface area contributed by atoms with E-state index in [0.717, 1.165) is 17.7 Å². The number of hydrogen-bond donors (Lipinski definition) is 1. The van der Waals surface area contributed by atoms with Crippen LogP contribution in [0.5, 0.6) is 5.75 Å². The van der Waals surface area contributed by atoms with Gasteiger partial charge in [0.05, 0.1) is 11.3 Å². The maximum Gasteiger partial charge on any atom is 0.416 e. The predicted octanol–water partition coefficient (Wildman–Crippen LogP) is 5.88. The fourth-order valence-corrected chi connectivity index (χ4v) is 3.59. The summed E-state index contributed by atoms with van der Waals surface area (Å²) in [4.78, 5) is 20.9. The third kappa shape index (κ3) is 6.18. The summed E-state index contributed by atoms with van der Waals surface area (Å²) >= 11 is 0. The van der Waals surface area contributed by atoms with Crippen LogP contribution in [0, 0.1) is 0 Å². The summed E-state index contributed by atoms with van der Waals surface area (Å²) in [6.45, 7) is -0.529. The summed E-state index contributed by atoms with van der Waals surface area (Å²) in [5.74, 6) is -0.785. The van der Waals surface area contributed by atoms with Crippen LogP contribution >= 0.6 is 0 Å². The number of carbonyl (C=O) groups is 1. The number of halogens is 3. The Morgan fingerprint density at radius 1 is 0.917 bits per heavy atom. The average Bonchev–Trinajstić information content (AvgIpc) is 2.87. The summed E-state index contributed by atoms with van der Waals surface area (Å²) < 4.78 is 43.9. The topological polar surface area (TPSA) is 81.0 Å². The predicted molar refractivity (Wildman–Crippen MR) is 128 cm³/mol. The van der Waals surface area contributed by atoms with E-state index in [9.17, 15) is 18.0 Å². The highest BCUT2D eigenvalue weighted by molar-refractivity contribution is 6.11. The first-order valence-electron chi connectivity index (χ1n) is 10.9. The molecule has 0 unspecified atom stereocenters. The molecule has 0 aliphatic rings. The highest BCUT2D eigenvalue weighted by Gasteiger charge is 2.29. The normalized spacial score (nSPS) is 11.9. The van der Waals surface area contributed by atoms with Crippen molar-refractivity contribution in [2.75, 3.05) is 6.61 Å². The highest BCUT2D eigenvalue weighted by Crippen LogP contribution is 2.30. The smallest absolute Gasteiger partial charge is 0.416 e. The van der Waals surface area contributed by atoms with Crippen LogP contribution in [0.4, 0.5) is 13.2 Å². The molecular weight excluding hydrogens is 473 g/mol. The van der Waals surface area contributed by atoms with Gasteiger partial charge in [-0.3, -0.25) is 4.98 Å². The molecule has 4 rings (SSSR count). The number of fused-ring (bicyclic) bond motifs is 1. The molecule has 0 radical (unpaired) electrons. The van der Waals surface area contributed by atoms with Crippen LogP contribution in [-0.2, 0) is 28.8 Å². The van der Waals surface area contributed by atoms with E-state index >= 15 is 0 Å². The van der Waals surface area contributed by atoms with E-state index in [1.807, 2.05) is 36.4 Å². The second-order valence-corrected chi connectivity index (χ2v) is 7.86. The van der Waals surface area contributed by atoms with Gasteiger partial charge in [-0.05, 0) is 41.5 Å². The molecule has 1 aromatic heterocycles. The first-order valence-corrected chi connectivity index (χ1v) is 10.9. The molecule has 1 heterocycles. The Bertz CT molecular complexity index is 1370. The van der Waals surface area contributed by atoms with E-state index in [4.69, 9.17) is 14.7 Å². The number of pyridine rings is 1. The van der Waals surface area contributed by atoms with Crippen molar-refractivity contribution in [3.8, 4) is 5.75 Å². The van der Waals surface area contributed by atoms with Crippen molar-refractivity contribution in [3.05, 3.63) is 107 Å². The number of hydrogen-bond acceptors (Lipinski definition) is 5. The van der Waals surface area contributed by atoms with Crippen LogP contribution in [0.15, 0.2) is 90.2 Å². The zero-order valence-corrected chi connectivity index (χ0v) is 18.9. The van der Waals surface area contributed by atoms with Crippen molar-refractivity contribution >= 4 is 22.6 Å². The van der Waals surface area contributed by atoms with Crippen molar-refractivity contribution in [3.63, 3.8) is 0 Å². The molecule has 0 saturated carbocycles. The largest absolute Gasteiger partial charge is 0.480 e. The van der Waals surface area contributed by atoms with Gasteiger partial charge in [0.15, 0.2) is 6.61 Å². The van der Waals surface area contributed by atoms with E-state index in [0.29, 0.717) is 39.9 Å². The zero-order chi connectivity index (χ0) is 25.5. The molecular formula is C27H21F3N2O4. The Morgan fingerprint density at radius 3 is 2.36 bits per heavy atom. The fourth-order valence-electron chi connectivity index (χ4n) is 3.59. The van der Waals surface area contributed by atoms with E-state index in [2.05, 4.69) is 10.1 Å². The van der Waals surface area contributed by atoms with Gasteiger partial charge in [-0.1, -0.05) is 53.7 Å². The number of benzene rings is 3. The standard InChI is InChI=1S/C27H21F3N2O4/c28-27(29,30)20-10-8-19(9-11-20)16-36-32-23(15-18-5-2-1-3-6-18)21-12-13-24(35-17-25(33)34)26-22(21)7-4-14-31-26/h1-14H,15-17H2,(H,33,34)/b32-23+. The Morgan fingerprint density at radius 2 is 1.67 bits per heavy atom. The second-order valence-electron chi connectivity index (χ2n) is 7.86. The molecule has 4 aromatic rings. The maximum absolute atomic E-state index is 12.8. The fraction of sp³-hybridized carbons (Fsp3) is 0.148. The number of aliphatic carboxylic acids is 1. The van der Waals surface area contributed by atoms with Crippen LogP contribution in [0.1, 0.15) is 22.3 Å². The summed E-state index contributed by atoms with van der Waals surface area (Å²) in [7, 11) is 0. The molecule has 0 aliphatic carbocycles. The van der Waals surface area contributed by atoms with Crippen molar-refractivity contribution in [1.82, 2.24) is 4.98 Å². The van der Waals surface area contributed by atoms with E-state index in [1.54, 1.807) is 24.4 Å². The van der Waals surface area contributed by atoms with Crippen molar-refractivity contribution in [2.24, 2.45) is 5.16 Å². The van der Waals surface area contributed by atoms with Gasteiger partial charge in [0.1, 0.15) is 17.9 Å². The molecule has 9 heteroatoms. The number of oxime groups is 1. The monoisotopic (exact) mass is 494 g/mol. The van der Waals surface area contributed by atoms with Gasteiger partial charge >= 0.3 is 12.1 Å². The molecule has 0 amide bonds. The Balaban J connectivity index is 1.65. The average molecular weight is 494 g/mol. The summed E-state index contributed by atoms with van der Waals surface area (Å²) in [6, 6.07) is 21.2. The maximum atomic E-state index is 12.8. The summed E-state index contributed by atoms with van der Waals surface area (Å²) in [6.07, 6.45) is -2.42. The van der Waals surface area contributed by atoms with Crippen LogP contribution in [0.25, 0.3) is 10.9 Å². The number of aromatic nitrogens is 1. The van der Waals surface area contributed by atoms with Gasteiger partial charge < -0.3 is 14.7 Å². The van der Waals surface area contributed by atoms with Gasteiger partial charge in [-0.2, -0.15) is 13.2 Å². The molecule has 0 fully saturated rings. The molecule has 184 valence electrons. The van der Waals surface area contributed by atoms with Crippen molar-refractivity contribution < 1.29 is 32.6 Å². The molecule has 6 nitrogen and oxygen atoms in total. The third-order valence-electron chi connectivity index (χ3n) is 5.30. The summed E-state index contributed by atoms with van der Waals surface area (Å²) in [5.41, 5.74) is 2.52. The molecule has 0 atom stereocenters. The minimum Gasteiger partial charge on any atom is -0.480 e. The number of carboxylic acids is 1. The zero-order valence-electron chi connectivity index (χ0n) is 18.9. The quantitative estimate of drug-likeness (QED) is 0.232. The van der Waals surface area contributed by atoms with Crippen LogP contribution in [-0.4, -0.2) is 28.4 Å². The van der Waals surface area contributed by atoms with Gasteiger partial charge in [0, 0.05) is 23.6 Å². The molecule has 1 N–H and O–H groups in total. The minimum absolute atomic E-state index is 0.0214. The van der Waals surface area contributed by atoms with Gasteiger partial charge in [0.2, 0.25) is 0 Å². The first-order chi connectivity index (χ1) is 17.3. The number of alkyl halides is 3. The lowest BCUT2D eigenvalue weighted by atomic mass is 9.98. The Labute approximate surface area is 204 Å². The highest BCUT2D eigenvalue weighted by atomic mass is 19.4. The second kappa shape index (κ2) is 10.9. The number of ether oxygens (including phenoxy) is 1. The van der Waals surface area contributed by atoms with E-state index in [-0.39, 0.29) is 6.61 Å². The lowest BCUT2D eigenvalue weighted by Gasteiger charge is -2.13. The molecule has 0 aliphatic heterocycles. The number of carboxylic acid groups (broad SMARTS) is 1. The van der Waals surface area contributed by atoms with Gasteiger partial charge in [-0.25, -0.2) is 4.79 Å². The van der Waals surface area contributed by atoms with Gasteiger partial charge in [0.25, 0.3) is 0 Å². The molecule has 36 heavy (non-hydrogen) atoms. The Kier molecular flexibility index (Phi) is 7.48. The lowest BCUT2D eigenvalue weighted by Crippen LogP contribution is -2.11.